The van der Waals surface area contributed by atoms with Gasteiger partial charge in [-0.05, 0) is 18.6 Å². The molecule has 0 bridgehead atoms. The Hall–Kier alpha value is -0.760. The van der Waals surface area contributed by atoms with Gasteiger partial charge < -0.3 is 10.7 Å². The molecule has 1 heterocycles. The number of H-pyrrole nitrogens is 1. The molecule has 1 aromatic heterocycles. The van der Waals surface area contributed by atoms with Crippen LogP contribution in [0.5, 0.6) is 0 Å². The second-order valence-corrected chi connectivity index (χ2v) is 1.91. The fraction of sp³-hybridized carbons (Fsp3) is 0.333. The van der Waals surface area contributed by atoms with Gasteiger partial charge in [0.1, 0.15) is 0 Å². The molecule has 2 nitrogen and oxygen atoms in total. The number of rotatable bonds is 1. The van der Waals surface area contributed by atoms with Crippen molar-refractivity contribution in [3.63, 3.8) is 0 Å². The van der Waals surface area contributed by atoms with Crippen LogP contribution in [-0.4, -0.2) is 4.98 Å². The highest BCUT2D eigenvalue weighted by molar-refractivity contribution is 5.13. The van der Waals surface area contributed by atoms with Crippen molar-refractivity contribution in [2.75, 3.05) is 0 Å². The van der Waals surface area contributed by atoms with E-state index in [-0.39, 0.29) is 0 Å². The lowest BCUT2D eigenvalue weighted by Crippen LogP contribution is -1.94. The maximum absolute atomic E-state index is 5.33. The van der Waals surface area contributed by atoms with Gasteiger partial charge in [0, 0.05) is 18.4 Å². The van der Waals surface area contributed by atoms with Gasteiger partial charge in [-0.15, -0.1) is 0 Å². The Morgan fingerprint density at radius 3 is 2.75 bits per heavy atom. The first-order valence-electron chi connectivity index (χ1n) is 2.67. The molecule has 1 rings (SSSR count). The quantitative estimate of drug-likeness (QED) is 0.551. The minimum absolute atomic E-state index is 0.605. The zero-order valence-corrected chi connectivity index (χ0v) is 4.94. The molecule has 0 saturated carbocycles. The zero-order chi connectivity index (χ0) is 5.98. The summed E-state index contributed by atoms with van der Waals surface area (Å²) >= 11 is 0. The molecule has 1 aromatic rings. The Kier molecular flexibility index (Phi) is 1.35. The summed E-state index contributed by atoms with van der Waals surface area (Å²) in [6, 6.07) is 2.04. The number of aromatic nitrogens is 1. The maximum Gasteiger partial charge on any atom is 0.0332 e. The second kappa shape index (κ2) is 2.01. The Bertz CT molecular complexity index is 167. The third-order valence-corrected chi connectivity index (χ3v) is 1.11. The normalized spacial score (nSPS) is 9.75. The van der Waals surface area contributed by atoms with Gasteiger partial charge in [0.15, 0.2) is 0 Å². The molecule has 0 unspecified atom stereocenters. The number of aryl methyl sites for hydroxylation is 1. The standard InChI is InChI=1S/C6H10N2/c1-5-2-6(3-7)8-4-5/h2,4,8H,3,7H2,1H3. The number of hydrogen-bond donors (Lipinski definition) is 2. The first-order chi connectivity index (χ1) is 3.83. The van der Waals surface area contributed by atoms with E-state index in [0.29, 0.717) is 6.54 Å². The molecule has 0 aliphatic heterocycles. The summed E-state index contributed by atoms with van der Waals surface area (Å²) in [6.07, 6.45) is 1.95. The smallest absolute Gasteiger partial charge is 0.0332 e. The van der Waals surface area contributed by atoms with E-state index in [1.807, 2.05) is 19.2 Å². The summed E-state index contributed by atoms with van der Waals surface area (Å²) in [5.41, 5.74) is 7.67. The number of nitrogens with two attached hydrogens (primary N) is 1. The summed E-state index contributed by atoms with van der Waals surface area (Å²) < 4.78 is 0. The van der Waals surface area contributed by atoms with Crippen LogP contribution in [-0.2, 0) is 6.54 Å². The molecule has 3 N–H and O–H groups in total. The average molecular weight is 110 g/mol. The highest BCUT2D eigenvalue weighted by atomic mass is 14.7. The Balaban J connectivity index is 2.84. The average Bonchev–Trinajstić information content (AvgIpc) is 2.14. The van der Waals surface area contributed by atoms with E-state index in [1.165, 1.54) is 5.56 Å². The van der Waals surface area contributed by atoms with E-state index in [1.54, 1.807) is 0 Å². The van der Waals surface area contributed by atoms with E-state index in [2.05, 4.69) is 4.98 Å². The summed E-state index contributed by atoms with van der Waals surface area (Å²) in [5, 5.41) is 0. The van der Waals surface area contributed by atoms with Crippen LogP contribution < -0.4 is 5.73 Å². The molecule has 0 amide bonds. The van der Waals surface area contributed by atoms with Crippen LogP contribution in [0.2, 0.25) is 0 Å². The van der Waals surface area contributed by atoms with Crippen LogP contribution in [0.3, 0.4) is 0 Å². The lowest BCUT2D eigenvalue weighted by atomic mass is 10.3. The summed E-state index contributed by atoms with van der Waals surface area (Å²) in [6.45, 7) is 2.64. The van der Waals surface area contributed by atoms with Crippen molar-refractivity contribution in [3.8, 4) is 0 Å². The van der Waals surface area contributed by atoms with Crippen LogP contribution in [0.4, 0.5) is 0 Å². The molecule has 0 fully saturated rings. The SMILES string of the molecule is Cc1c[nH]c(CN)c1. The van der Waals surface area contributed by atoms with Gasteiger partial charge in [0.25, 0.3) is 0 Å². The number of aromatic amines is 1. The van der Waals surface area contributed by atoms with Crippen LogP contribution >= 0.6 is 0 Å². The van der Waals surface area contributed by atoms with Crippen molar-refractivity contribution in [2.45, 2.75) is 13.5 Å². The molecular formula is C6H10N2. The lowest BCUT2D eigenvalue weighted by Gasteiger charge is -1.82. The molecule has 0 aromatic carbocycles. The van der Waals surface area contributed by atoms with E-state index >= 15 is 0 Å². The molecule has 0 aliphatic rings. The topological polar surface area (TPSA) is 41.8 Å². The minimum Gasteiger partial charge on any atom is -0.364 e. The summed E-state index contributed by atoms with van der Waals surface area (Å²) in [4.78, 5) is 3.03. The largest absolute Gasteiger partial charge is 0.364 e. The summed E-state index contributed by atoms with van der Waals surface area (Å²) in [7, 11) is 0. The summed E-state index contributed by atoms with van der Waals surface area (Å²) in [5.74, 6) is 0. The minimum atomic E-state index is 0.605. The van der Waals surface area contributed by atoms with Crippen molar-refractivity contribution in [3.05, 3.63) is 23.5 Å². The molecule has 0 atom stereocenters. The first-order valence-corrected chi connectivity index (χ1v) is 2.67. The van der Waals surface area contributed by atoms with Crippen molar-refractivity contribution in [2.24, 2.45) is 5.73 Å². The van der Waals surface area contributed by atoms with Crippen LogP contribution in [0.25, 0.3) is 0 Å². The van der Waals surface area contributed by atoms with Gasteiger partial charge in [-0.2, -0.15) is 0 Å². The highest BCUT2D eigenvalue weighted by Gasteiger charge is 1.88. The fourth-order valence-corrected chi connectivity index (χ4v) is 0.683. The van der Waals surface area contributed by atoms with E-state index in [9.17, 15) is 0 Å². The van der Waals surface area contributed by atoms with E-state index < -0.39 is 0 Å². The zero-order valence-electron chi connectivity index (χ0n) is 4.94. The predicted molar refractivity (Wildman–Crippen MR) is 33.4 cm³/mol. The maximum atomic E-state index is 5.33. The molecule has 2 heteroatoms. The van der Waals surface area contributed by atoms with Crippen molar-refractivity contribution in [1.29, 1.82) is 0 Å². The predicted octanol–water partition coefficient (Wildman–Crippen LogP) is 0.782. The molecule has 0 spiro atoms. The third kappa shape index (κ3) is 0.898. The Morgan fingerprint density at radius 1 is 1.75 bits per heavy atom. The molecule has 44 valence electrons. The van der Waals surface area contributed by atoms with Crippen LogP contribution in [0.15, 0.2) is 12.3 Å². The van der Waals surface area contributed by atoms with Crippen molar-refractivity contribution >= 4 is 0 Å². The van der Waals surface area contributed by atoms with Crippen LogP contribution in [0.1, 0.15) is 11.3 Å². The monoisotopic (exact) mass is 110 g/mol. The molecule has 8 heavy (non-hydrogen) atoms. The van der Waals surface area contributed by atoms with Crippen molar-refractivity contribution < 1.29 is 0 Å². The van der Waals surface area contributed by atoms with Gasteiger partial charge in [-0.25, -0.2) is 0 Å². The van der Waals surface area contributed by atoms with E-state index in [0.717, 1.165) is 5.69 Å². The first kappa shape index (κ1) is 5.38. The fourth-order valence-electron chi connectivity index (χ4n) is 0.683. The van der Waals surface area contributed by atoms with Gasteiger partial charge in [0.05, 0.1) is 0 Å². The van der Waals surface area contributed by atoms with Gasteiger partial charge >= 0.3 is 0 Å². The number of hydrogen-bond acceptors (Lipinski definition) is 1. The Labute approximate surface area is 48.7 Å². The molecule has 0 saturated heterocycles. The second-order valence-electron chi connectivity index (χ2n) is 1.91. The molecule has 0 aliphatic carbocycles. The molecular weight excluding hydrogens is 100 g/mol. The highest BCUT2D eigenvalue weighted by Crippen LogP contribution is 1.98. The van der Waals surface area contributed by atoms with E-state index in [4.69, 9.17) is 5.73 Å². The molecule has 0 radical (unpaired) electrons. The van der Waals surface area contributed by atoms with Crippen molar-refractivity contribution in [1.82, 2.24) is 4.98 Å². The third-order valence-electron chi connectivity index (χ3n) is 1.11. The van der Waals surface area contributed by atoms with Gasteiger partial charge in [-0.3, -0.25) is 0 Å². The lowest BCUT2D eigenvalue weighted by molar-refractivity contribution is 1.01. The van der Waals surface area contributed by atoms with Gasteiger partial charge in [-0.1, -0.05) is 0 Å². The van der Waals surface area contributed by atoms with Gasteiger partial charge in [0.2, 0.25) is 0 Å². The Morgan fingerprint density at radius 2 is 2.50 bits per heavy atom. The number of nitrogens with one attached hydrogen (secondary N) is 1. The van der Waals surface area contributed by atoms with Crippen LogP contribution in [0, 0.1) is 6.92 Å².